The van der Waals surface area contributed by atoms with Crippen molar-refractivity contribution in [2.75, 3.05) is 5.33 Å². The molecule has 0 bridgehead atoms. The number of alkyl halides is 1. The second-order valence-electron chi connectivity index (χ2n) is 3.95. The van der Waals surface area contributed by atoms with Crippen molar-refractivity contribution in [3.05, 3.63) is 41.6 Å². The van der Waals surface area contributed by atoms with Crippen molar-refractivity contribution in [1.29, 1.82) is 0 Å². The second kappa shape index (κ2) is 4.84. The third-order valence-corrected chi connectivity index (χ3v) is 3.19. The molecular formula is C13H13BrN2O. The van der Waals surface area contributed by atoms with Crippen LogP contribution in [-0.4, -0.2) is 20.9 Å². The zero-order valence-corrected chi connectivity index (χ0v) is 11.4. The number of halogens is 1. The molecule has 3 nitrogen and oxygen atoms in total. The zero-order chi connectivity index (χ0) is 12.4. The minimum Gasteiger partial charge on any atom is -0.293 e. The molecule has 1 aromatic heterocycles. The fourth-order valence-corrected chi connectivity index (χ4v) is 2.07. The van der Waals surface area contributed by atoms with E-state index in [-0.39, 0.29) is 5.78 Å². The molecular weight excluding hydrogens is 280 g/mol. The van der Waals surface area contributed by atoms with E-state index in [1.807, 2.05) is 38.2 Å². The first kappa shape index (κ1) is 12.0. The van der Waals surface area contributed by atoms with Crippen LogP contribution in [0.15, 0.2) is 30.5 Å². The number of carbonyl (C=O) groups is 1. The summed E-state index contributed by atoms with van der Waals surface area (Å²) in [7, 11) is 1.85. The molecule has 2 aromatic rings. The van der Waals surface area contributed by atoms with E-state index in [1.54, 1.807) is 10.9 Å². The maximum Gasteiger partial charge on any atom is 0.177 e. The summed E-state index contributed by atoms with van der Waals surface area (Å²) >= 11 is 3.19. The summed E-state index contributed by atoms with van der Waals surface area (Å²) in [6.07, 6.45) is 1.62. The molecule has 0 saturated heterocycles. The number of benzene rings is 1. The largest absolute Gasteiger partial charge is 0.293 e. The summed E-state index contributed by atoms with van der Waals surface area (Å²) in [5.41, 5.74) is 3.74. The first-order valence-electron chi connectivity index (χ1n) is 5.31. The molecule has 0 aliphatic heterocycles. The van der Waals surface area contributed by atoms with E-state index in [9.17, 15) is 4.79 Å². The molecule has 0 saturated carbocycles. The maximum atomic E-state index is 11.8. The number of aromatic nitrogens is 2. The fourth-order valence-electron chi connectivity index (χ4n) is 1.77. The van der Waals surface area contributed by atoms with Crippen LogP contribution < -0.4 is 0 Å². The Bertz CT molecular complexity index is 543. The van der Waals surface area contributed by atoms with Gasteiger partial charge in [-0.1, -0.05) is 45.8 Å². The molecule has 0 atom stereocenters. The molecule has 0 spiro atoms. The van der Waals surface area contributed by atoms with Crippen LogP contribution in [-0.2, 0) is 7.05 Å². The van der Waals surface area contributed by atoms with Crippen LogP contribution in [0, 0.1) is 6.92 Å². The Morgan fingerprint density at radius 2 is 2.00 bits per heavy atom. The fraction of sp³-hybridized carbons (Fsp3) is 0.231. The van der Waals surface area contributed by atoms with E-state index in [4.69, 9.17) is 0 Å². The monoisotopic (exact) mass is 292 g/mol. The molecule has 0 N–H and O–H groups in total. The number of Topliss-reactive ketones (excluding diaryl/α,β-unsaturated/α-hetero) is 1. The molecule has 1 aromatic carbocycles. The van der Waals surface area contributed by atoms with Gasteiger partial charge in [-0.3, -0.25) is 9.48 Å². The lowest BCUT2D eigenvalue weighted by Crippen LogP contribution is -2.02. The number of hydrogen-bond acceptors (Lipinski definition) is 2. The van der Waals surface area contributed by atoms with Crippen LogP contribution >= 0.6 is 15.9 Å². The third kappa shape index (κ3) is 2.31. The van der Waals surface area contributed by atoms with Crippen molar-refractivity contribution in [2.45, 2.75) is 6.92 Å². The van der Waals surface area contributed by atoms with Crippen LogP contribution in [0.5, 0.6) is 0 Å². The Labute approximate surface area is 109 Å². The van der Waals surface area contributed by atoms with E-state index in [2.05, 4.69) is 21.0 Å². The van der Waals surface area contributed by atoms with Crippen molar-refractivity contribution < 1.29 is 4.79 Å². The van der Waals surface area contributed by atoms with Gasteiger partial charge in [-0.2, -0.15) is 5.10 Å². The lowest BCUT2D eigenvalue weighted by Gasteiger charge is -2.05. The number of aryl methyl sites for hydroxylation is 2. The number of ketones is 1. The van der Waals surface area contributed by atoms with E-state index in [1.165, 1.54) is 5.56 Å². The number of nitrogens with zero attached hydrogens (tertiary/aromatic N) is 2. The minimum atomic E-state index is 0.0497. The Hall–Kier alpha value is -1.42. The summed E-state index contributed by atoms with van der Waals surface area (Å²) < 4.78 is 1.74. The average Bonchev–Trinajstić information content (AvgIpc) is 2.71. The number of carbonyl (C=O) groups excluding carboxylic acids is 1. The lowest BCUT2D eigenvalue weighted by atomic mass is 10.0. The second-order valence-corrected chi connectivity index (χ2v) is 4.51. The number of hydrogen-bond donors (Lipinski definition) is 0. The minimum absolute atomic E-state index is 0.0497. The highest BCUT2D eigenvalue weighted by molar-refractivity contribution is 9.09. The van der Waals surface area contributed by atoms with E-state index >= 15 is 0 Å². The Morgan fingerprint density at radius 3 is 2.59 bits per heavy atom. The molecule has 1 heterocycles. The van der Waals surface area contributed by atoms with Crippen LogP contribution in [0.3, 0.4) is 0 Å². The maximum absolute atomic E-state index is 11.8. The molecule has 0 aliphatic rings. The van der Waals surface area contributed by atoms with E-state index in [0.717, 1.165) is 11.3 Å². The average molecular weight is 293 g/mol. The topological polar surface area (TPSA) is 34.9 Å². The first-order valence-corrected chi connectivity index (χ1v) is 6.44. The summed E-state index contributed by atoms with van der Waals surface area (Å²) in [6.45, 7) is 2.04. The van der Waals surface area contributed by atoms with Gasteiger partial charge in [-0.05, 0) is 6.92 Å². The van der Waals surface area contributed by atoms with Crippen LogP contribution in [0.2, 0.25) is 0 Å². The van der Waals surface area contributed by atoms with Gasteiger partial charge in [-0.15, -0.1) is 0 Å². The molecule has 17 heavy (non-hydrogen) atoms. The van der Waals surface area contributed by atoms with Gasteiger partial charge in [0, 0.05) is 12.6 Å². The molecule has 88 valence electrons. The molecule has 0 fully saturated rings. The Kier molecular flexibility index (Phi) is 3.43. The smallest absolute Gasteiger partial charge is 0.177 e. The molecule has 0 radical (unpaired) electrons. The van der Waals surface area contributed by atoms with Crippen LogP contribution in [0.25, 0.3) is 11.3 Å². The Balaban J connectivity index is 2.54. The van der Waals surface area contributed by atoms with Crippen molar-refractivity contribution in [3.8, 4) is 11.3 Å². The van der Waals surface area contributed by atoms with Crippen LogP contribution in [0.1, 0.15) is 15.9 Å². The van der Waals surface area contributed by atoms with Gasteiger partial charge in [-0.25, -0.2) is 0 Å². The molecule has 2 rings (SSSR count). The highest BCUT2D eigenvalue weighted by Gasteiger charge is 2.16. The number of rotatable bonds is 3. The summed E-state index contributed by atoms with van der Waals surface area (Å²) in [6, 6.07) is 8.09. The standard InChI is InChI=1S/C13H13BrN2O/c1-9-3-5-10(6-4-9)13-11(12(17)7-14)8-15-16(13)2/h3-6,8H,7H2,1-2H3. The van der Waals surface area contributed by atoms with Gasteiger partial charge < -0.3 is 0 Å². The summed E-state index contributed by atoms with van der Waals surface area (Å²) in [5, 5.41) is 4.48. The highest BCUT2D eigenvalue weighted by atomic mass is 79.9. The highest BCUT2D eigenvalue weighted by Crippen LogP contribution is 2.24. The quantitative estimate of drug-likeness (QED) is 0.644. The van der Waals surface area contributed by atoms with Gasteiger partial charge in [0.1, 0.15) is 0 Å². The zero-order valence-electron chi connectivity index (χ0n) is 9.77. The normalized spacial score (nSPS) is 10.5. The first-order chi connectivity index (χ1) is 8.13. The molecule has 0 aliphatic carbocycles. The third-order valence-electron chi connectivity index (χ3n) is 2.69. The SMILES string of the molecule is Cc1ccc(-c2c(C(=O)CBr)cnn2C)cc1. The van der Waals surface area contributed by atoms with Gasteiger partial charge >= 0.3 is 0 Å². The Morgan fingerprint density at radius 1 is 1.35 bits per heavy atom. The van der Waals surface area contributed by atoms with E-state index in [0.29, 0.717) is 10.9 Å². The van der Waals surface area contributed by atoms with Crippen molar-refractivity contribution in [2.24, 2.45) is 7.05 Å². The van der Waals surface area contributed by atoms with Crippen molar-refractivity contribution in [3.63, 3.8) is 0 Å². The molecule has 0 unspecified atom stereocenters. The van der Waals surface area contributed by atoms with Crippen LogP contribution in [0.4, 0.5) is 0 Å². The summed E-state index contributed by atoms with van der Waals surface area (Å²) in [5.74, 6) is 0.0497. The van der Waals surface area contributed by atoms with Gasteiger partial charge in [0.2, 0.25) is 0 Å². The lowest BCUT2D eigenvalue weighted by molar-refractivity contribution is 0.102. The summed E-state index contributed by atoms with van der Waals surface area (Å²) in [4.78, 5) is 11.8. The predicted octanol–water partition coefficient (Wildman–Crippen LogP) is 2.97. The van der Waals surface area contributed by atoms with Gasteiger partial charge in [0.05, 0.1) is 22.8 Å². The van der Waals surface area contributed by atoms with Gasteiger partial charge in [0.15, 0.2) is 5.78 Å². The molecule has 0 amide bonds. The predicted molar refractivity (Wildman–Crippen MR) is 71.5 cm³/mol. The van der Waals surface area contributed by atoms with Crippen molar-refractivity contribution in [1.82, 2.24) is 9.78 Å². The van der Waals surface area contributed by atoms with Crippen molar-refractivity contribution >= 4 is 21.7 Å². The van der Waals surface area contributed by atoms with E-state index < -0.39 is 0 Å². The van der Waals surface area contributed by atoms with Gasteiger partial charge in [0.25, 0.3) is 0 Å². The molecule has 4 heteroatoms.